The predicted octanol–water partition coefficient (Wildman–Crippen LogP) is 4.60. The molecule has 1 aromatic carbocycles. The molecule has 0 bridgehead atoms. The number of benzene rings is 1. The molecule has 0 radical (unpaired) electrons. The fourth-order valence-electron chi connectivity index (χ4n) is 2.16. The molecule has 20 heavy (non-hydrogen) atoms. The molecule has 0 aliphatic carbocycles. The normalized spacial score (nSPS) is 11.1. The van der Waals surface area contributed by atoms with E-state index in [0.29, 0.717) is 12.6 Å². The average molecular weight is 387 g/mol. The van der Waals surface area contributed by atoms with Crippen LogP contribution in [0.1, 0.15) is 38.4 Å². The predicted molar refractivity (Wildman–Crippen MR) is 88.3 cm³/mol. The van der Waals surface area contributed by atoms with E-state index >= 15 is 0 Å². The quantitative estimate of drug-likeness (QED) is 0.735. The number of anilines is 1. The van der Waals surface area contributed by atoms with Crippen molar-refractivity contribution in [3.63, 3.8) is 0 Å². The highest BCUT2D eigenvalue weighted by Gasteiger charge is 2.08. The molecule has 5 heteroatoms. The van der Waals surface area contributed by atoms with E-state index in [9.17, 15) is 4.39 Å². The lowest BCUT2D eigenvalue weighted by molar-refractivity contribution is 0.426. The molecule has 3 nitrogen and oxygen atoms in total. The van der Waals surface area contributed by atoms with Crippen molar-refractivity contribution in [1.82, 2.24) is 9.78 Å². The van der Waals surface area contributed by atoms with Crippen LogP contribution in [0.2, 0.25) is 0 Å². The van der Waals surface area contributed by atoms with Gasteiger partial charge >= 0.3 is 0 Å². The molecule has 0 saturated heterocycles. The number of nitrogens with one attached hydrogen (secondary N) is 1. The molecule has 0 aliphatic heterocycles. The van der Waals surface area contributed by atoms with Crippen molar-refractivity contribution in [3.05, 3.63) is 45.5 Å². The second-order valence-electron chi connectivity index (χ2n) is 4.74. The van der Waals surface area contributed by atoms with Crippen LogP contribution >= 0.6 is 22.6 Å². The van der Waals surface area contributed by atoms with Crippen LogP contribution in [0.4, 0.5) is 10.1 Å². The molecular weight excluding hydrogens is 368 g/mol. The number of hydrogen-bond acceptors (Lipinski definition) is 2. The van der Waals surface area contributed by atoms with Gasteiger partial charge in [0.25, 0.3) is 0 Å². The van der Waals surface area contributed by atoms with Crippen LogP contribution in [0.25, 0.3) is 0 Å². The Balaban J connectivity index is 2.00. The molecule has 1 aromatic heterocycles. The third-order valence-corrected chi connectivity index (χ3v) is 4.26. The summed E-state index contributed by atoms with van der Waals surface area (Å²) in [6, 6.07) is 7.24. The number of rotatable bonds is 6. The molecule has 2 rings (SSSR count). The summed E-state index contributed by atoms with van der Waals surface area (Å²) in [4.78, 5) is 0. The van der Waals surface area contributed by atoms with Gasteiger partial charge in [-0.15, -0.1) is 0 Å². The molecule has 0 unspecified atom stereocenters. The first kappa shape index (κ1) is 15.3. The minimum atomic E-state index is -0.210. The number of aromatic nitrogens is 2. The largest absolute Gasteiger partial charge is 0.378 e. The summed E-state index contributed by atoms with van der Waals surface area (Å²) < 4.78 is 15.9. The second-order valence-corrected chi connectivity index (χ2v) is 5.90. The molecule has 1 N–H and O–H groups in total. The topological polar surface area (TPSA) is 29.9 Å². The monoisotopic (exact) mass is 387 g/mol. The Morgan fingerprint density at radius 2 is 2.05 bits per heavy atom. The van der Waals surface area contributed by atoms with Crippen LogP contribution in [0, 0.1) is 9.39 Å². The lowest BCUT2D eigenvalue weighted by Crippen LogP contribution is -2.09. The zero-order valence-electron chi connectivity index (χ0n) is 11.7. The van der Waals surface area contributed by atoms with Crippen molar-refractivity contribution in [2.45, 2.75) is 39.3 Å². The van der Waals surface area contributed by atoms with Gasteiger partial charge in [0.1, 0.15) is 5.82 Å². The summed E-state index contributed by atoms with van der Waals surface area (Å²) in [6.07, 6.45) is 4.20. The van der Waals surface area contributed by atoms with Gasteiger partial charge in [0, 0.05) is 15.5 Å². The van der Waals surface area contributed by atoms with Gasteiger partial charge in [-0.25, -0.2) is 4.39 Å². The first-order valence-corrected chi connectivity index (χ1v) is 7.94. The van der Waals surface area contributed by atoms with Gasteiger partial charge in [-0.2, -0.15) is 5.10 Å². The van der Waals surface area contributed by atoms with Gasteiger partial charge in [-0.05, 0) is 59.7 Å². The molecule has 0 atom stereocenters. The van der Waals surface area contributed by atoms with E-state index in [1.807, 2.05) is 16.9 Å². The zero-order valence-corrected chi connectivity index (χ0v) is 13.9. The van der Waals surface area contributed by atoms with E-state index in [1.54, 1.807) is 6.07 Å². The Kier molecular flexibility index (Phi) is 5.39. The summed E-state index contributed by atoms with van der Waals surface area (Å²) in [7, 11) is 0. The summed E-state index contributed by atoms with van der Waals surface area (Å²) in [5, 5.41) is 7.89. The molecule has 0 fully saturated rings. The average Bonchev–Trinajstić information content (AvgIpc) is 2.88. The lowest BCUT2D eigenvalue weighted by Gasteiger charge is -2.12. The molecule has 0 amide bonds. The third-order valence-electron chi connectivity index (χ3n) is 3.37. The number of halogens is 2. The molecule has 0 spiro atoms. The van der Waals surface area contributed by atoms with Crippen LogP contribution < -0.4 is 5.32 Å². The fourth-order valence-corrected chi connectivity index (χ4v) is 2.82. The lowest BCUT2D eigenvalue weighted by atomic mass is 10.2. The van der Waals surface area contributed by atoms with Gasteiger partial charge in [-0.3, -0.25) is 4.68 Å². The van der Waals surface area contributed by atoms with Crippen LogP contribution in [-0.2, 0) is 6.54 Å². The van der Waals surface area contributed by atoms with E-state index in [4.69, 9.17) is 0 Å². The Morgan fingerprint density at radius 1 is 1.30 bits per heavy atom. The molecule has 0 aliphatic rings. The van der Waals surface area contributed by atoms with Gasteiger partial charge in [0.05, 0.1) is 18.3 Å². The molecule has 2 aromatic rings. The standard InChI is InChI=1S/C15H19FIN3/c1-3-13(4-2)20-8-7-12(19-20)10-18-15-6-5-11(16)9-14(15)17/h5-9,13,18H,3-4,10H2,1-2H3. The van der Waals surface area contributed by atoms with E-state index in [0.717, 1.165) is 27.8 Å². The fraction of sp³-hybridized carbons (Fsp3) is 0.400. The number of nitrogens with zero attached hydrogens (tertiary/aromatic N) is 2. The summed E-state index contributed by atoms with van der Waals surface area (Å²) in [6.45, 7) is 5.00. The van der Waals surface area contributed by atoms with Gasteiger partial charge in [0.15, 0.2) is 0 Å². The zero-order chi connectivity index (χ0) is 14.5. The Bertz CT molecular complexity index is 564. The van der Waals surface area contributed by atoms with Crippen molar-refractivity contribution in [3.8, 4) is 0 Å². The maximum atomic E-state index is 13.0. The third kappa shape index (κ3) is 3.71. The second kappa shape index (κ2) is 7.06. The van der Waals surface area contributed by atoms with E-state index in [-0.39, 0.29) is 5.82 Å². The van der Waals surface area contributed by atoms with Crippen molar-refractivity contribution < 1.29 is 4.39 Å². The van der Waals surface area contributed by atoms with Gasteiger partial charge < -0.3 is 5.32 Å². The van der Waals surface area contributed by atoms with Gasteiger partial charge in [0.2, 0.25) is 0 Å². The Labute approximate surface area is 132 Å². The SMILES string of the molecule is CCC(CC)n1ccc(CNc2ccc(F)cc2I)n1. The Hall–Kier alpha value is -1.11. The minimum absolute atomic E-state index is 0.210. The smallest absolute Gasteiger partial charge is 0.124 e. The van der Waals surface area contributed by atoms with E-state index < -0.39 is 0 Å². The van der Waals surface area contributed by atoms with Crippen LogP contribution in [0.15, 0.2) is 30.5 Å². The maximum absolute atomic E-state index is 13.0. The van der Waals surface area contributed by atoms with Crippen molar-refractivity contribution in [1.29, 1.82) is 0 Å². The van der Waals surface area contributed by atoms with Crippen LogP contribution in [0.5, 0.6) is 0 Å². The highest BCUT2D eigenvalue weighted by molar-refractivity contribution is 14.1. The minimum Gasteiger partial charge on any atom is -0.378 e. The van der Waals surface area contributed by atoms with Gasteiger partial charge in [-0.1, -0.05) is 13.8 Å². The van der Waals surface area contributed by atoms with Crippen molar-refractivity contribution in [2.75, 3.05) is 5.32 Å². The molecule has 1 heterocycles. The maximum Gasteiger partial charge on any atom is 0.124 e. The van der Waals surface area contributed by atoms with E-state index in [1.165, 1.54) is 12.1 Å². The van der Waals surface area contributed by atoms with Crippen molar-refractivity contribution >= 4 is 28.3 Å². The van der Waals surface area contributed by atoms with Crippen molar-refractivity contribution in [2.24, 2.45) is 0 Å². The highest BCUT2D eigenvalue weighted by atomic mass is 127. The van der Waals surface area contributed by atoms with Crippen LogP contribution in [0.3, 0.4) is 0 Å². The Morgan fingerprint density at radius 3 is 2.70 bits per heavy atom. The van der Waals surface area contributed by atoms with E-state index in [2.05, 4.69) is 46.9 Å². The molecule has 108 valence electrons. The summed E-state index contributed by atoms with van der Waals surface area (Å²) in [5.41, 5.74) is 1.93. The number of hydrogen-bond donors (Lipinski definition) is 1. The first-order chi connectivity index (χ1) is 9.63. The van der Waals surface area contributed by atoms with Crippen LogP contribution in [-0.4, -0.2) is 9.78 Å². The first-order valence-electron chi connectivity index (χ1n) is 6.87. The molecule has 0 saturated carbocycles. The summed E-state index contributed by atoms with van der Waals surface area (Å²) >= 11 is 2.13. The summed E-state index contributed by atoms with van der Waals surface area (Å²) in [5.74, 6) is -0.210. The highest BCUT2D eigenvalue weighted by Crippen LogP contribution is 2.20. The molecular formula is C15H19FIN3.